The molecule has 0 spiro atoms. The van der Waals surface area contributed by atoms with E-state index in [-0.39, 0.29) is 5.54 Å². The Labute approximate surface area is 124 Å². The summed E-state index contributed by atoms with van der Waals surface area (Å²) in [5, 5.41) is 13.9. The number of benzene rings is 1. The highest BCUT2D eigenvalue weighted by Crippen LogP contribution is 2.30. The second kappa shape index (κ2) is 5.08. The monoisotopic (exact) mass is 326 g/mol. The third-order valence-corrected chi connectivity index (χ3v) is 4.14. The molecule has 0 aliphatic carbocycles. The van der Waals surface area contributed by atoms with Gasteiger partial charge in [0.05, 0.1) is 11.3 Å². The van der Waals surface area contributed by atoms with Crippen LogP contribution in [0.25, 0.3) is 0 Å². The van der Waals surface area contributed by atoms with Crippen LogP contribution >= 0.6 is 15.9 Å². The number of rotatable bonds is 1. The molecule has 3 nitrogen and oxygen atoms in total. The van der Waals surface area contributed by atoms with Crippen molar-refractivity contribution in [2.45, 2.75) is 38.8 Å². The van der Waals surface area contributed by atoms with Gasteiger partial charge in [-0.15, -0.1) is 0 Å². The Morgan fingerprint density at radius 3 is 2.58 bits per heavy atom. The Morgan fingerprint density at radius 2 is 1.95 bits per heavy atom. The lowest BCUT2D eigenvalue weighted by Crippen LogP contribution is -2.47. The fraction of sp³-hybridized carbons (Fsp3) is 0.600. The number of hydrogen-bond donors (Lipinski definition) is 2. The van der Waals surface area contributed by atoms with Gasteiger partial charge in [-0.3, -0.25) is 0 Å². The molecule has 0 amide bonds. The molecule has 0 saturated carbocycles. The molecule has 1 unspecified atom stereocenters. The molecule has 0 bridgehead atoms. The van der Waals surface area contributed by atoms with Crippen LogP contribution in [0.15, 0.2) is 22.7 Å². The van der Waals surface area contributed by atoms with E-state index >= 15 is 0 Å². The molecule has 2 rings (SSSR count). The lowest BCUT2D eigenvalue weighted by Gasteiger charge is -2.33. The third kappa shape index (κ3) is 3.71. The summed E-state index contributed by atoms with van der Waals surface area (Å²) >= 11 is 3.64. The lowest BCUT2D eigenvalue weighted by atomic mass is 10.1. The summed E-state index contributed by atoms with van der Waals surface area (Å²) in [5.41, 5.74) is 1.63. The van der Waals surface area contributed by atoms with Crippen LogP contribution in [0.1, 0.15) is 26.3 Å². The van der Waals surface area contributed by atoms with Crippen LogP contribution in [0.4, 0.5) is 5.69 Å². The zero-order valence-corrected chi connectivity index (χ0v) is 13.7. The van der Waals surface area contributed by atoms with Crippen molar-refractivity contribution in [1.29, 1.82) is 0 Å². The highest BCUT2D eigenvalue weighted by atomic mass is 79.9. The SMILES string of the molecule is Cc1ccc(N2CC(C)(O)CNC(C)(C)C2)c(Br)c1. The van der Waals surface area contributed by atoms with E-state index in [1.54, 1.807) is 0 Å². The first-order valence-corrected chi connectivity index (χ1v) is 7.46. The Kier molecular flexibility index (Phi) is 3.96. The van der Waals surface area contributed by atoms with Gasteiger partial charge in [-0.25, -0.2) is 0 Å². The van der Waals surface area contributed by atoms with Crippen molar-refractivity contribution >= 4 is 21.6 Å². The van der Waals surface area contributed by atoms with Crippen LogP contribution in [0.2, 0.25) is 0 Å². The minimum Gasteiger partial charge on any atom is -0.387 e. The molecule has 1 aliphatic heterocycles. The average molecular weight is 327 g/mol. The summed E-state index contributed by atoms with van der Waals surface area (Å²) in [4.78, 5) is 2.25. The summed E-state index contributed by atoms with van der Waals surface area (Å²) in [7, 11) is 0. The molecule has 1 atom stereocenters. The number of nitrogens with zero attached hydrogens (tertiary/aromatic N) is 1. The van der Waals surface area contributed by atoms with Gasteiger partial charge in [0.15, 0.2) is 0 Å². The molecule has 1 heterocycles. The maximum absolute atomic E-state index is 10.4. The summed E-state index contributed by atoms with van der Waals surface area (Å²) in [6, 6.07) is 6.35. The smallest absolute Gasteiger partial charge is 0.0917 e. The molecular formula is C15H23BrN2O. The third-order valence-electron chi connectivity index (χ3n) is 3.51. The molecule has 0 aromatic heterocycles. The molecular weight excluding hydrogens is 304 g/mol. The second-order valence-electron chi connectivity index (χ2n) is 6.55. The minimum atomic E-state index is -0.724. The van der Waals surface area contributed by atoms with Crippen molar-refractivity contribution in [1.82, 2.24) is 5.32 Å². The largest absolute Gasteiger partial charge is 0.387 e. The van der Waals surface area contributed by atoms with Gasteiger partial charge in [0.25, 0.3) is 0 Å². The van der Waals surface area contributed by atoms with Crippen molar-refractivity contribution in [3.8, 4) is 0 Å². The highest BCUT2D eigenvalue weighted by molar-refractivity contribution is 9.10. The molecule has 1 aliphatic rings. The van der Waals surface area contributed by atoms with E-state index in [1.165, 1.54) is 5.56 Å². The van der Waals surface area contributed by atoms with Crippen molar-refractivity contribution < 1.29 is 5.11 Å². The van der Waals surface area contributed by atoms with Crippen molar-refractivity contribution in [3.05, 3.63) is 28.2 Å². The van der Waals surface area contributed by atoms with Crippen LogP contribution < -0.4 is 10.2 Å². The number of halogens is 1. The number of β-amino-alcohol motifs (C(OH)–C–C–N with tert-alkyl or cyclic N) is 1. The topological polar surface area (TPSA) is 35.5 Å². The van der Waals surface area contributed by atoms with Crippen LogP contribution in [0.5, 0.6) is 0 Å². The predicted molar refractivity (Wildman–Crippen MR) is 83.8 cm³/mol. The van der Waals surface area contributed by atoms with Gasteiger partial charge < -0.3 is 15.3 Å². The zero-order valence-electron chi connectivity index (χ0n) is 12.1. The Balaban J connectivity index is 2.35. The minimum absolute atomic E-state index is 0.0230. The average Bonchev–Trinajstić information content (AvgIpc) is 2.35. The quantitative estimate of drug-likeness (QED) is 0.832. The number of nitrogens with one attached hydrogen (secondary N) is 1. The molecule has 1 aromatic carbocycles. The lowest BCUT2D eigenvalue weighted by molar-refractivity contribution is 0.0696. The van der Waals surface area contributed by atoms with Crippen molar-refractivity contribution in [2.24, 2.45) is 0 Å². The van der Waals surface area contributed by atoms with Gasteiger partial charge in [-0.1, -0.05) is 6.07 Å². The molecule has 0 radical (unpaired) electrons. The first kappa shape index (κ1) is 14.8. The van der Waals surface area contributed by atoms with E-state index < -0.39 is 5.60 Å². The van der Waals surface area contributed by atoms with Gasteiger partial charge in [0, 0.05) is 29.6 Å². The Hall–Kier alpha value is -0.580. The predicted octanol–water partition coefficient (Wildman–Crippen LogP) is 2.70. The Bertz CT molecular complexity index is 453. The van der Waals surface area contributed by atoms with E-state index in [4.69, 9.17) is 0 Å². The van der Waals surface area contributed by atoms with E-state index in [0.29, 0.717) is 13.1 Å². The number of hydrogen-bond acceptors (Lipinski definition) is 3. The first-order valence-electron chi connectivity index (χ1n) is 6.67. The zero-order chi connectivity index (χ0) is 14.3. The van der Waals surface area contributed by atoms with Crippen LogP contribution in [0.3, 0.4) is 0 Å². The van der Waals surface area contributed by atoms with E-state index in [0.717, 1.165) is 16.7 Å². The number of aliphatic hydroxyl groups is 1. The van der Waals surface area contributed by atoms with E-state index in [1.807, 2.05) is 6.92 Å². The van der Waals surface area contributed by atoms with Gasteiger partial charge >= 0.3 is 0 Å². The molecule has 4 heteroatoms. The maximum Gasteiger partial charge on any atom is 0.0917 e. The van der Waals surface area contributed by atoms with E-state index in [9.17, 15) is 5.11 Å². The van der Waals surface area contributed by atoms with Crippen LogP contribution in [0, 0.1) is 6.92 Å². The van der Waals surface area contributed by atoms with Crippen LogP contribution in [-0.2, 0) is 0 Å². The molecule has 19 heavy (non-hydrogen) atoms. The molecule has 2 N–H and O–H groups in total. The Morgan fingerprint density at radius 1 is 1.26 bits per heavy atom. The van der Waals surface area contributed by atoms with Crippen molar-refractivity contribution in [3.63, 3.8) is 0 Å². The van der Waals surface area contributed by atoms with Gasteiger partial charge in [-0.2, -0.15) is 0 Å². The van der Waals surface area contributed by atoms with Gasteiger partial charge in [0.1, 0.15) is 0 Å². The van der Waals surface area contributed by atoms with Gasteiger partial charge in [0.2, 0.25) is 0 Å². The molecule has 1 saturated heterocycles. The second-order valence-corrected chi connectivity index (χ2v) is 7.40. The normalized spacial score (nSPS) is 27.2. The molecule has 1 fully saturated rings. The number of anilines is 1. The van der Waals surface area contributed by atoms with Gasteiger partial charge in [-0.05, 0) is 61.3 Å². The summed E-state index contributed by atoms with van der Waals surface area (Å²) < 4.78 is 1.08. The van der Waals surface area contributed by atoms with Crippen LogP contribution in [-0.4, -0.2) is 35.9 Å². The first-order chi connectivity index (χ1) is 8.69. The maximum atomic E-state index is 10.4. The van der Waals surface area contributed by atoms with Crippen molar-refractivity contribution in [2.75, 3.05) is 24.5 Å². The summed E-state index contributed by atoms with van der Waals surface area (Å²) in [6.07, 6.45) is 0. The fourth-order valence-corrected chi connectivity index (χ4v) is 3.27. The highest BCUT2D eigenvalue weighted by Gasteiger charge is 2.34. The standard InChI is InChI=1S/C15H23BrN2O/c1-11-5-6-13(12(16)7-11)18-9-14(2,3)17-8-15(4,19)10-18/h5-7,17,19H,8-10H2,1-4H3. The summed E-state index contributed by atoms with van der Waals surface area (Å²) in [6.45, 7) is 10.4. The molecule has 1 aromatic rings. The molecule has 106 valence electrons. The van der Waals surface area contributed by atoms with E-state index in [2.05, 4.69) is 65.1 Å². The number of aryl methyl sites for hydroxylation is 1. The summed E-state index contributed by atoms with van der Waals surface area (Å²) in [5.74, 6) is 0. The fourth-order valence-electron chi connectivity index (χ4n) is 2.52.